The van der Waals surface area contributed by atoms with Crippen LogP contribution in [0, 0.1) is 6.92 Å². The predicted molar refractivity (Wildman–Crippen MR) is 87.3 cm³/mol. The number of aromatic nitrogens is 1. The second-order valence-corrected chi connectivity index (χ2v) is 5.73. The van der Waals surface area contributed by atoms with Crippen LogP contribution < -0.4 is 10.3 Å². The molecule has 0 fully saturated rings. The SMILES string of the molecule is C/C(=N\NC(=O)c1ccc(N(C)C)cc1)c1nc(C)cs1. The lowest BCUT2D eigenvalue weighted by atomic mass is 10.2. The van der Waals surface area contributed by atoms with Crippen LogP contribution in [0.4, 0.5) is 5.69 Å². The summed E-state index contributed by atoms with van der Waals surface area (Å²) in [5.74, 6) is -0.229. The molecule has 1 amide bonds. The van der Waals surface area contributed by atoms with Gasteiger partial charge >= 0.3 is 0 Å². The summed E-state index contributed by atoms with van der Waals surface area (Å²) >= 11 is 1.51. The quantitative estimate of drug-likeness (QED) is 0.698. The first-order valence-electron chi connectivity index (χ1n) is 6.52. The van der Waals surface area contributed by atoms with Crippen LogP contribution in [-0.4, -0.2) is 30.7 Å². The number of rotatable bonds is 4. The molecule has 1 N–H and O–H groups in total. The molecule has 0 bridgehead atoms. The number of hydrazone groups is 1. The van der Waals surface area contributed by atoms with Gasteiger partial charge in [0.05, 0.1) is 5.71 Å². The first-order valence-corrected chi connectivity index (χ1v) is 7.40. The molecule has 5 nitrogen and oxygen atoms in total. The zero-order valence-corrected chi connectivity index (χ0v) is 13.4. The summed E-state index contributed by atoms with van der Waals surface area (Å²) < 4.78 is 0. The van der Waals surface area contributed by atoms with Gasteiger partial charge in [-0.05, 0) is 38.1 Å². The Hall–Kier alpha value is -2.21. The lowest BCUT2D eigenvalue weighted by Crippen LogP contribution is -2.19. The molecule has 0 aliphatic heterocycles. The minimum atomic E-state index is -0.229. The molecule has 2 aromatic rings. The van der Waals surface area contributed by atoms with E-state index in [0.717, 1.165) is 16.4 Å². The number of carbonyl (C=O) groups is 1. The van der Waals surface area contributed by atoms with Gasteiger partial charge < -0.3 is 4.90 Å². The third-order valence-electron chi connectivity index (χ3n) is 2.90. The number of aryl methyl sites for hydroxylation is 1. The number of nitrogens with one attached hydrogen (secondary N) is 1. The molecular formula is C15H18N4OS. The van der Waals surface area contributed by atoms with Gasteiger partial charge in [0, 0.05) is 36.4 Å². The van der Waals surface area contributed by atoms with Gasteiger partial charge in [0.2, 0.25) is 0 Å². The second kappa shape index (κ2) is 6.49. The fourth-order valence-corrected chi connectivity index (χ4v) is 2.43. The normalized spacial score (nSPS) is 11.3. The van der Waals surface area contributed by atoms with Crippen molar-refractivity contribution in [3.05, 3.63) is 45.9 Å². The van der Waals surface area contributed by atoms with Crippen LogP contribution >= 0.6 is 11.3 Å². The van der Waals surface area contributed by atoms with Gasteiger partial charge in [0.25, 0.3) is 5.91 Å². The van der Waals surface area contributed by atoms with E-state index in [0.29, 0.717) is 11.3 Å². The molecule has 110 valence electrons. The summed E-state index contributed by atoms with van der Waals surface area (Å²) in [6.07, 6.45) is 0. The van der Waals surface area contributed by atoms with E-state index in [1.165, 1.54) is 11.3 Å². The Bertz CT molecular complexity index is 659. The van der Waals surface area contributed by atoms with Crippen molar-refractivity contribution in [3.8, 4) is 0 Å². The number of amides is 1. The van der Waals surface area contributed by atoms with Crippen LogP contribution in [-0.2, 0) is 0 Å². The molecule has 0 spiro atoms. The molecule has 21 heavy (non-hydrogen) atoms. The number of benzene rings is 1. The summed E-state index contributed by atoms with van der Waals surface area (Å²) in [5.41, 5.74) is 5.83. The highest BCUT2D eigenvalue weighted by molar-refractivity contribution is 7.11. The molecule has 0 aliphatic rings. The lowest BCUT2D eigenvalue weighted by Gasteiger charge is -2.12. The van der Waals surface area contributed by atoms with Gasteiger partial charge in [0.15, 0.2) is 0 Å². The molecule has 0 atom stereocenters. The smallest absolute Gasteiger partial charge is 0.271 e. The Morgan fingerprint density at radius 3 is 2.48 bits per heavy atom. The molecular weight excluding hydrogens is 284 g/mol. The van der Waals surface area contributed by atoms with Crippen molar-refractivity contribution in [2.24, 2.45) is 5.10 Å². The average Bonchev–Trinajstić information content (AvgIpc) is 2.91. The highest BCUT2D eigenvalue weighted by atomic mass is 32.1. The van der Waals surface area contributed by atoms with Crippen molar-refractivity contribution in [2.75, 3.05) is 19.0 Å². The topological polar surface area (TPSA) is 57.6 Å². The standard InChI is InChI=1S/C15H18N4OS/c1-10-9-21-15(16-10)11(2)17-18-14(20)12-5-7-13(8-6-12)19(3)4/h5-9H,1-4H3,(H,18,20)/b17-11+. The fraction of sp³-hybridized carbons (Fsp3) is 0.267. The summed E-state index contributed by atoms with van der Waals surface area (Å²) in [4.78, 5) is 18.3. The fourth-order valence-electron chi connectivity index (χ4n) is 1.68. The maximum absolute atomic E-state index is 12.0. The maximum Gasteiger partial charge on any atom is 0.271 e. The van der Waals surface area contributed by atoms with Gasteiger partial charge in [-0.25, -0.2) is 10.4 Å². The lowest BCUT2D eigenvalue weighted by molar-refractivity contribution is 0.0955. The summed E-state index contributed by atoms with van der Waals surface area (Å²) in [6.45, 7) is 3.76. The van der Waals surface area contributed by atoms with Crippen molar-refractivity contribution < 1.29 is 4.79 Å². The number of hydrogen-bond donors (Lipinski definition) is 1. The van der Waals surface area contributed by atoms with Gasteiger partial charge in [-0.3, -0.25) is 4.79 Å². The van der Waals surface area contributed by atoms with E-state index < -0.39 is 0 Å². The van der Waals surface area contributed by atoms with Gasteiger partial charge in [0.1, 0.15) is 5.01 Å². The molecule has 2 rings (SSSR count). The number of hydrogen-bond acceptors (Lipinski definition) is 5. The zero-order chi connectivity index (χ0) is 15.4. The third kappa shape index (κ3) is 3.88. The highest BCUT2D eigenvalue weighted by Crippen LogP contribution is 2.12. The summed E-state index contributed by atoms with van der Waals surface area (Å²) in [6, 6.07) is 7.36. The van der Waals surface area contributed by atoms with E-state index in [-0.39, 0.29) is 5.91 Å². The van der Waals surface area contributed by atoms with E-state index >= 15 is 0 Å². The molecule has 0 radical (unpaired) electrons. The Morgan fingerprint density at radius 1 is 1.29 bits per heavy atom. The van der Waals surface area contributed by atoms with Crippen molar-refractivity contribution in [1.82, 2.24) is 10.4 Å². The summed E-state index contributed by atoms with van der Waals surface area (Å²) in [5, 5.41) is 6.87. The Kier molecular flexibility index (Phi) is 4.70. The van der Waals surface area contributed by atoms with Gasteiger partial charge in [-0.2, -0.15) is 5.10 Å². The molecule has 0 saturated heterocycles. The van der Waals surface area contributed by atoms with Crippen LogP contribution in [0.25, 0.3) is 0 Å². The minimum Gasteiger partial charge on any atom is -0.378 e. The van der Waals surface area contributed by atoms with E-state index in [9.17, 15) is 4.79 Å². The van der Waals surface area contributed by atoms with Gasteiger partial charge in [-0.1, -0.05) is 0 Å². The van der Waals surface area contributed by atoms with Crippen molar-refractivity contribution in [2.45, 2.75) is 13.8 Å². The van der Waals surface area contributed by atoms with Crippen molar-refractivity contribution in [3.63, 3.8) is 0 Å². The van der Waals surface area contributed by atoms with E-state index in [1.54, 1.807) is 12.1 Å². The molecule has 1 heterocycles. The third-order valence-corrected chi connectivity index (χ3v) is 3.97. The molecule has 1 aromatic heterocycles. The van der Waals surface area contributed by atoms with E-state index in [2.05, 4.69) is 15.5 Å². The largest absolute Gasteiger partial charge is 0.378 e. The molecule has 0 aliphatic carbocycles. The van der Waals surface area contributed by atoms with Crippen molar-refractivity contribution >= 4 is 28.6 Å². The Balaban J connectivity index is 2.04. The van der Waals surface area contributed by atoms with E-state index in [1.807, 2.05) is 50.4 Å². The second-order valence-electron chi connectivity index (χ2n) is 4.87. The van der Waals surface area contributed by atoms with E-state index in [4.69, 9.17) is 0 Å². The Morgan fingerprint density at radius 2 is 1.95 bits per heavy atom. The minimum absolute atomic E-state index is 0.229. The Labute approximate surface area is 128 Å². The van der Waals surface area contributed by atoms with Crippen LogP contribution in [0.15, 0.2) is 34.7 Å². The van der Waals surface area contributed by atoms with Gasteiger partial charge in [-0.15, -0.1) is 11.3 Å². The number of anilines is 1. The number of thiazole rings is 1. The monoisotopic (exact) mass is 302 g/mol. The molecule has 6 heteroatoms. The first kappa shape index (κ1) is 15.2. The predicted octanol–water partition coefficient (Wildman–Crippen LogP) is 2.67. The maximum atomic E-state index is 12.0. The number of carbonyl (C=O) groups excluding carboxylic acids is 1. The van der Waals surface area contributed by atoms with Crippen LogP contribution in [0.2, 0.25) is 0 Å². The van der Waals surface area contributed by atoms with Crippen LogP contribution in [0.3, 0.4) is 0 Å². The molecule has 0 unspecified atom stereocenters. The zero-order valence-electron chi connectivity index (χ0n) is 12.5. The number of nitrogens with zero attached hydrogens (tertiary/aromatic N) is 3. The molecule has 0 saturated carbocycles. The first-order chi connectivity index (χ1) is 9.97. The highest BCUT2D eigenvalue weighted by Gasteiger charge is 2.07. The summed E-state index contributed by atoms with van der Waals surface area (Å²) in [7, 11) is 3.91. The average molecular weight is 302 g/mol. The van der Waals surface area contributed by atoms with Crippen molar-refractivity contribution in [1.29, 1.82) is 0 Å². The molecule has 1 aromatic carbocycles. The van der Waals surface area contributed by atoms with Crippen LogP contribution in [0.5, 0.6) is 0 Å². The van der Waals surface area contributed by atoms with Crippen LogP contribution in [0.1, 0.15) is 28.0 Å².